The summed E-state index contributed by atoms with van der Waals surface area (Å²) >= 11 is 1.30. The Hall–Kier alpha value is -1.56. The molecule has 0 aliphatic carbocycles. The summed E-state index contributed by atoms with van der Waals surface area (Å²) in [5.74, 6) is -0.437. The van der Waals surface area contributed by atoms with Crippen molar-refractivity contribution in [1.29, 1.82) is 0 Å². The molecule has 1 rings (SSSR count). The summed E-state index contributed by atoms with van der Waals surface area (Å²) in [4.78, 5) is 25.2. The van der Waals surface area contributed by atoms with E-state index < -0.39 is 11.5 Å². The van der Waals surface area contributed by atoms with E-state index >= 15 is 0 Å². The average Bonchev–Trinajstić information content (AvgIpc) is 2.75. The van der Waals surface area contributed by atoms with Gasteiger partial charge in [-0.25, -0.2) is 0 Å². The highest BCUT2D eigenvalue weighted by Crippen LogP contribution is 2.25. The van der Waals surface area contributed by atoms with Crippen LogP contribution in [0.15, 0.2) is 11.4 Å². The van der Waals surface area contributed by atoms with E-state index in [-0.39, 0.29) is 18.9 Å². The Morgan fingerprint density at radius 2 is 2.05 bits per heavy atom. The van der Waals surface area contributed by atoms with Crippen molar-refractivity contribution < 1.29 is 19.4 Å². The first kappa shape index (κ1) is 15.5. The quantitative estimate of drug-likeness (QED) is 0.902. The SMILES string of the molecule is COc1csc(C(=O)N(CCC(=O)O)C(C)(C)C)c1. The van der Waals surface area contributed by atoms with Crippen molar-refractivity contribution in [3.63, 3.8) is 0 Å². The zero-order valence-corrected chi connectivity index (χ0v) is 12.4. The van der Waals surface area contributed by atoms with E-state index in [0.29, 0.717) is 10.6 Å². The first-order valence-corrected chi connectivity index (χ1v) is 6.80. The van der Waals surface area contributed by atoms with Gasteiger partial charge in [-0.05, 0) is 20.8 Å². The molecule has 1 aromatic heterocycles. The highest BCUT2D eigenvalue weighted by Gasteiger charge is 2.28. The van der Waals surface area contributed by atoms with Crippen LogP contribution >= 0.6 is 11.3 Å². The average molecular weight is 285 g/mol. The van der Waals surface area contributed by atoms with Gasteiger partial charge in [0.25, 0.3) is 5.91 Å². The van der Waals surface area contributed by atoms with Gasteiger partial charge in [-0.15, -0.1) is 11.3 Å². The first-order valence-electron chi connectivity index (χ1n) is 5.92. The predicted molar refractivity (Wildman–Crippen MR) is 73.9 cm³/mol. The molecule has 1 heterocycles. The number of carbonyl (C=O) groups is 2. The molecule has 0 spiro atoms. The second-order valence-electron chi connectivity index (χ2n) is 5.12. The number of hydrogen-bond donors (Lipinski definition) is 1. The van der Waals surface area contributed by atoms with Crippen LogP contribution in [0.4, 0.5) is 0 Å². The summed E-state index contributed by atoms with van der Waals surface area (Å²) in [5, 5.41) is 10.5. The van der Waals surface area contributed by atoms with E-state index in [1.165, 1.54) is 11.3 Å². The van der Waals surface area contributed by atoms with Gasteiger partial charge in [0.2, 0.25) is 0 Å². The molecule has 6 heteroatoms. The molecule has 0 bridgehead atoms. The molecular formula is C13H19NO4S. The monoisotopic (exact) mass is 285 g/mol. The van der Waals surface area contributed by atoms with Crippen LogP contribution in [0.25, 0.3) is 0 Å². The molecule has 1 N–H and O–H groups in total. The lowest BCUT2D eigenvalue weighted by molar-refractivity contribution is -0.137. The molecule has 0 saturated heterocycles. The van der Waals surface area contributed by atoms with Crippen LogP contribution in [0.3, 0.4) is 0 Å². The van der Waals surface area contributed by atoms with Gasteiger partial charge in [-0.2, -0.15) is 0 Å². The second kappa shape index (κ2) is 6.06. The van der Waals surface area contributed by atoms with Gasteiger partial charge in [0.05, 0.1) is 18.4 Å². The van der Waals surface area contributed by atoms with E-state index in [9.17, 15) is 9.59 Å². The highest BCUT2D eigenvalue weighted by atomic mass is 32.1. The third kappa shape index (κ3) is 4.24. The van der Waals surface area contributed by atoms with Crippen LogP contribution in [0.2, 0.25) is 0 Å². The normalized spacial score (nSPS) is 11.2. The maximum absolute atomic E-state index is 12.4. The third-order valence-electron chi connectivity index (χ3n) is 2.63. The van der Waals surface area contributed by atoms with Crippen molar-refractivity contribution in [3.05, 3.63) is 16.3 Å². The number of thiophene rings is 1. The molecule has 106 valence electrons. The largest absolute Gasteiger partial charge is 0.496 e. The Bertz CT molecular complexity index is 461. The standard InChI is InChI=1S/C13H19NO4S/c1-13(2,3)14(6-5-11(15)16)12(17)10-7-9(18-4)8-19-10/h7-8H,5-6H2,1-4H3,(H,15,16). The number of carboxylic acid groups (broad SMARTS) is 1. The molecule has 0 aliphatic heterocycles. The molecule has 1 aromatic rings. The number of carbonyl (C=O) groups excluding carboxylic acids is 1. The van der Waals surface area contributed by atoms with E-state index in [4.69, 9.17) is 9.84 Å². The van der Waals surface area contributed by atoms with Crippen molar-refractivity contribution in [2.45, 2.75) is 32.7 Å². The molecule has 0 unspecified atom stereocenters. The minimum atomic E-state index is -0.911. The minimum Gasteiger partial charge on any atom is -0.496 e. The fourth-order valence-electron chi connectivity index (χ4n) is 1.62. The second-order valence-corrected chi connectivity index (χ2v) is 6.03. The zero-order chi connectivity index (χ0) is 14.6. The van der Waals surface area contributed by atoms with Crippen molar-refractivity contribution in [2.24, 2.45) is 0 Å². The number of methoxy groups -OCH3 is 1. The molecule has 1 amide bonds. The summed E-state index contributed by atoms with van der Waals surface area (Å²) in [6.07, 6.45) is -0.0640. The minimum absolute atomic E-state index is 0.0640. The highest BCUT2D eigenvalue weighted by molar-refractivity contribution is 7.12. The number of carboxylic acids is 1. The smallest absolute Gasteiger partial charge is 0.305 e. The number of ether oxygens (including phenoxy) is 1. The summed E-state index contributed by atoms with van der Waals surface area (Å²) < 4.78 is 5.05. The predicted octanol–water partition coefficient (Wildman–Crippen LogP) is 2.47. The van der Waals surface area contributed by atoms with Crippen molar-refractivity contribution in [1.82, 2.24) is 4.90 Å². The molecule has 0 atom stereocenters. The topological polar surface area (TPSA) is 66.8 Å². The Kier molecular flexibility index (Phi) is 4.94. The van der Waals surface area contributed by atoms with Crippen LogP contribution in [0, 0.1) is 0 Å². The van der Waals surface area contributed by atoms with Gasteiger partial charge in [-0.3, -0.25) is 9.59 Å². The molecule has 0 radical (unpaired) electrons. The maximum Gasteiger partial charge on any atom is 0.305 e. The van der Waals surface area contributed by atoms with Gasteiger partial charge >= 0.3 is 5.97 Å². The Balaban J connectivity index is 2.90. The van der Waals surface area contributed by atoms with Crippen LogP contribution in [-0.2, 0) is 4.79 Å². The zero-order valence-electron chi connectivity index (χ0n) is 11.6. The molecule has 0 aromatic carbocycles. The Morgan fingerprint density at radius 1 is 1.42 bits per heavy atom. The summed E-state index contributed by atoms with van der Waals surface area (Å²) in [6, 6.07) is 1.67. The number of nitrogens with zero attached hydrogens (tertiary/aromatic N) is 1. The van der Waals surface area contributed by atoms with Crippen molar-refractivity contribution >= 4 is 23.2 Å². The fourth-order valence-corrected chi connectivity index (χ4v) is 2.42. The molecule has 5 nitrogen and oxygen atoms in total. The van der Waals surface area contributed by atoms with Crippen LogP contribution < -0.4 is 4.74 Å². The third-order valence-corrected chi connectivity index (χ3v) is 3.52. The molecule has 0 aliphatic rings. The van der Waals surface area contributed by atoms with Gasteiger partial charge in [0, 0.05) is 23.5 Å². The Labute approximate surface area is 116 Å². The van der Waals surface area contributed by atoms with Crippen molar-refractivity contribution in [3.8, 4) is 5.75 Å². The number of hydrogen-bond acceptors (Lipinski definition) is 4. The van der Waals surface area contributed by atoms with Crippen LogP contribution in [0.1, 0.15) is 36.9 Å². The van der Waals surface area contributed by atoms with Gasteiger partial charge in [0.15, 0.2) is 0 Å². The van der Waals surface area contributed by atoms with Crippen LogP contribution in [0.5, 0.6) is 5.75 Å². The van der Waals surface area contributed by atoms with Crippen LogP contribution in [-0.4, -0.2) is 41.1 Å². The van der Waals surface area contributed by atoms with Gasteiger partial charge < -0.3 is 14.7 Å². The van der Waals surface area contributed by atoms with Gasteiger partial charge in [-0.1, -0.05) is 0 Å². The lowest BCUT2D eigenvalue weighted by Crippen LogP contribution is -2.46. The molecule has 19 heavy (non-hydrogen) atoms. The maximum atomic E-state index is 12.4. The van der Waals surface area contributed by atoms with E-state index in [2.05, 4.69) is 0 Å². The first-order chi connectivity index (χ1) is 8.75. The van der Waals surface area contributed by atoms with E-state index in [1.807, 2.05) is 20.8 Å². The van der Waals surface area contributed by atoms with E-state index in [0.717, 1.165) is 0 Å². The lowest BCUT2D eigenvalue weighted by atomic mass is 10.1. The van der Waals surface area contributed by atoms with E-state index in [1.54, 1.807) is 23.5 Å². The number of amides is 1. The Morgan fingerprint density at radius 3 is 2.47 bits per heavy atom. The molecular weight excluding hydrogens is 266 g/mol. The summed E-state index contributed by atoms with van der Waals surface area (Å²) in [7, 11) is 1.54. The molecule has 0 saturated carbocycles. The number of aliphatic carboxylic acids is 1. The molecule has 0 fully saturated rings. The summed E-state index contributed by atoms with van der Waals surface area (Å²) in [6.45, 7) is 5.85. The van der Waals surface area contributed by atoms with Gasteiger partial charge in [0.1, 0.15) is 5.75 Å². The number of rotatable bonds is 5. The lowest BCUT2D eigenvalue weighted by Gasteiger charge is -2.35. The summed E-state index contributed by atoms with van der Waals surface area (Å²) in [5.41, 5.74) is -0.427. The van der Waals surface area contributed by atoms with Crippen molar-refractivity contribution in [2.75, 3.05) is 13.7 Å². The fraction of sp³-hybridized carbons (Fsp3) is 0.538.